The maximum Gasteiger partial charge on any atom is 0.314 e. The third kappa shape index (κ3) is 5.06. The molecule has 1 aliphatic heterocycles. The van der Waals surface area contributed by atoms with Gasteiger partial charge in [0, 0.05) is 27.8 Å². The van der Waals surface area contributed by atoms with E-state index in [1.54, 1.807) is 6.08 Å². The number of allylic oxidation sites excluding steroid dienone is 2. The number of hydrogen-bond donors (Lipinski definition) is 1. The summed E-state index contributed by atoms with van der Waals surface area (Å²) in [5.74, 6) is -10.2. The van der Waals surface area contributed by atoms with Gasteiger partial charge in [0.25, 0.3) is 0 Å². The summed E-state index contributed by atoms with van der Waals surface area (Å²) in [4.78, 5) is 12.7. The second kappa shape index (κ2) is 10.5. The summed E-state index contributed by atoms with van der Waals surface area (Å²) >= 11 is 0. The molecule has 10 heteroatoms. The van der Waals surface area contributed by atoms with Gasteiger partial charge in [0.2, 0.25) is 5.82 Å². The van der Waals surface area contributed by atoms with E-state index < -0.39 is 75.9 Å². The molecule has 204 valence electrons. The average molecular weight is 548 g/mol. The van der Waals surface area contributed by atoms with Gasteiger partial charge in [-0.05, 0) is 43.9 Å². The average Bonchev–Trinajstić information content (AvgIpc) is 3.76. The van der Waals surface area contributed by atoms with Gasteiger partial charge in [-0.3, -0.25) is 4.79 Å². The minimum Gasteiger partial charge on any atom is -0.423 e. The van der Waals surface area contributed by atoms with Crippen LogP contribution in [0.15, 0.2) is 42.5 Å². The fourth-order valence-corrected chi connectivity index (χ4v) is 4.69. The van der Waals surface area contributed by atoms with Crippen molar-refractivity contribution in [2.24, 2.45) is 5.92 Å². The van der Waals surface area contributed by atoms with Crippen LogP contribution in [-0.2, 0) is 9.53 Å². The summed E-state index contributed by atoms with van der Waals surface area (Å²) < 4.78 is 97.4. The Labute approximate surface area is 219 Å². The third-order valence-electron chi connectivity index (χ3n) is 6.99. The minimum atomic E-state index is -1.54. The molecule has 3 aromatic rings. The Hall–Kier alpha value is -3.63. The van der Waals surface area contributed by atoms with Gasteiger partial charge >= 0.3 is 5.97 Å². The van der Waals surface area contributed by atoms with Gasteiger partial charge in [-0.1, -0.05) is 30.3 Å². The van der Waals surface area contributed by atoms with Crippen LogP contribution in [0, 0.1) is 40.8 Å². The molecule has 3 aromatic carbocycles. The van der Waals surface area contributed by atoms with Crippen molar-refractivity contribution < 1.29 is 45.7 Å². The van der Waals surface area contributed by atoms with Gasteiger partial charge < -0.3 is 14.6 Å². The molecule has 0 saturated carbocycles. The minimum absolute atomic E-state index is 0.00813. The molecule has 39 heavy (non-hydrogen) atoms. The predicted octanol–water partition coefficient (Wildman–Crippen LogP) is 7.10. The zero-order valence-electron chi connectivity index (χ0n) is 20.5. The number of hydrogen-bond acceptors (Lipinski definition) is 4. The number of esters is 1. The molecule has 3 atom stereocenters. The van der Waals surface area contributed by atoms with Gasteiger partial charge in [0.1, 0.15) is 6.10 Å². The standard InChI is InChI=1S/C29H22F6O4/c1-13(36)16-6-7-17(24(31)23(16)30)14-2-4-15(5-3-14)29(37)39-21-11-10-19(26(33)28(21)35)18-8-9-20(22-12-38-22)27(34)25(18)32/h2,6-11,13,15,22,36H,3-5,12H2,1H3. The fourth-order valence-electron chi connectivity index (χ4n) is 4.69. The first-order chi connectivity index (χ1) is 18.6. The highest BCUT2D eigenvalue weighted by Crippen LogP contribution is 2.38. The van der Waals surface area contributed by atoms with Crippen LogP contribution in [0.25, 0.3) is 16.7 Å². The van der Waals surface area contributed by atoms with Crippen LogP contribution in [-0.4, -0.2) is 17.7 Å². The van der Waals surface area contributed by atoms with Gasteiger partial charge in [0.15, 0.2) is 34.8 Å². The molecule has 0 radical (unpaired) electrons. The maximum absolute atomic E-state index is 14.8. The van der Waals surface area contributed by atoms with Crippen molar-refractivity contribution in [2.45, 2.75) is 38.4 Å². The highest BCUT2D eigenvalue weighted by atomic mass is 19.2. The zero-order valence-corrected chi connectivity index (χ0v) is 20.5. The summed E-state index contributed by atoms with van der Waals surface area (Å²) in [5, 5.41) is 9.55. The highest BCUT2D eigenvalue weighted by Gasteiger charge is 2.32. The van der Waals surface area contributed by atoms with Crippen molar-refractivity contribution in [2.75, 3.05) is 6.61 Å². The van der Waals surface area contributed by atoms with Crippen LogP contribution >= 0.6 is 0 Å². The number of benzene rings is 3. The van der Waals surface area contributed by atoms with Crippen molar-refractivity contribution in [1.29, 1.82) is 0 Å². The van der Waals surface area contributed by atoms with Crippen LogP contribution in [0.5, 0.6) is 5.75 Å². The molecule has 1 aliphatic carbocycles. The molecule has 3 unspecified atom stereocenters. The topological polar surface area (TPSA) is 59.1 Å². The van der Waals surface area contributed by atoms with Crippen LogP contribution in [0.2, 0.25) is 0 Å². The molecule has 0 spiro atoms. The smallest absolute Gasteiger partial charge is 0.314 e. The summed E-state index contributed by atoms with van der Waals surface area (Å²) in [6, 6.07) is 6.94. The van der Waals surface area contributed by atoms with E-state index >= 15 is 0 Å². The summed E-state index contributed by atoms with van der Waals surface area (Å²) in [5.41, 5.74) is -0.769. The van der Waals surface area contributed by atoms with E-state index in [4.69, 9.17) is 9.47 Å². The molecule has 1 saturated heterocycles. The van der Waals surface area contributed by atoms with Gasteiger partial charge in [-0.15, -0.1) is 0 Å². The Morgan fingerprint density at radius 2 is 1.49 bits per heavy atom. The highest BCUT2D eigenvalue weighted by molar-refractivity contribution is 5.78. The Morgan fingerprint density at radius 1 is 0.872 bits per heavy atom. The van der Waals surface area contributed by atoms with Crippen LogP contribution in [0.3, 0.4) is 0 Å². The van der Waals surface area contributed by atoms with Crippen molar-refractivity contribution >= 4 is 11.5 Å². The number of halogens is 6. The molecule has 4 nitrogen and oxygen atoms in total. The van der Waals surface area contributed by atoms with E-state index in [0.29, 0.717) is 5.57 Å². The molecule has 1 fully saturated rings. The SMILES string of the molecule is CC(O)c1ccc(C2=CCC(C(=O)Oc3ccc(-c4ccc(C5CO5)c(F)c4F)c(F)c3F)CC2)c(F)c1F. The third-order valence-corrected chi connectivity index (χ3v) is 6.99. The van der Waals surface area contributed by atoms with Gasteiger partial charge in [-0.25, -0.2) is 22.0 Å². The van der Waals surface area contributed by atoms with E-state index in [1.165, 1.54) is 25.1 Å². The second-order valence-corrected chi connectivity index (χ2v) is 9.52. The number of aliphatic hydroxyl groups is 1. The van der Waals surface area contributed by atoms with E-state index in [1.807, 2.05) is 0 Å². The molecule has 1 N–H and O–H groups in total. The van der Waals surface area contributed by atoms with E-state index in [9.17, 15) is 36.2 Å². The zero-order chi connectivity index (χ0) is 28.0. The lowest BCUT2D eigenvalue weighted by molar-refractivity contribution is -0.139. The van der Waals surface area contributed by atoms with Crippen LogP contribution in [0.4, 0.5) is 26.3 Å². The van der Waals surface area contributed by atoms with Crippen molar-refractivity contribution in [3.8, 4) is 16.9 Å². The Bertz CT molecular complexity index is 1500. The van der Waals surface area contributed by atoms with Crippen LogP contribution < -0.4 is 4.74 Å². The molecule has 0 amide bonds. The first-order valence-corrected chi connectivity index (χ1v) is 12.2. The monoisotopic (exact) mass is 548 g/mol. The lowest BCUT2D eigenvalue weighted by Crippen LogP contribution is -2.23. The predicted molar refractivity (Wildman–Crippen MR) is 128 cm³/mol. The fraction of sp³-hybridized carbons (Fsp3) is 0.276. The molecule has 5 rings (SSSR count). The Balaban J connectivity index is 1.30. The Morgan fingerprint density at radius 3 is 2.10 bits per heavy atom. The molecule has 0 aromatic heterocycles. The van der Waals surface area contributed by atoms with Crippen molar-refractivity contribution in [3.05, 3.63) is 94.1 Å². The molecular weight excluding hydrogens is 526 g/mol. The molecule has 1 heterocycles. The number of carbonyl (C=O) groups excluding carboxylic acids is 1. The molecule has 2 aliphatic rings. The number of carbonyl (C=O) groups is 1. The summed E-state index contributed by atoms with van der Waals surface area (Å²) in [6.45, 7) is 1.55. The second-order valence-electron chi connectivity index (χ2n) is 9.52. The normalized spacial score (nSPS) is 19.4. The Kier molecular flexibility index (Phi) is 7.26. The first-order valence-electron chi connectivity index (χ1n) is 12.2. The summed E-state index contributed by atoms with van der Waals surface area (Å²) in [6.07, 6.45) is 0.231. The maximum atomic E-state index is 14.8. The van der Waals surface area contributed by atoms with E-state index in [2.05, 4.69) is 0 Å². The van der Waals surface area contributed by atoms with Crippen molar-refractivity contribution in [1.82, 2.24) is 0 Å². The van der Waals surface area contributed by atoms with Crippen LogP contribution in [0.1, 0.15) is 55.1 Å². The van der Waals surface area contributed by atoms with E-state index in [0.717, 1.165) is 18.2 Å². The van der Waals surface area contributed by atoms with Crippen molar-refractivity contribution in [3.63, 3.8) is 0 Å². The van der Waals surface area contributed by atoms with Gasteiger partial charge in [0.05, 0.1) is 18.6 Å². The number of ether oxygens (including phenoxy) is 2. The van der Waals surface area contributed by atoms with Gasteiger partial charge in [-0.2, -0.15) is 4.39 Å². The molecular formula is C29H22F6O4. The number of rotatable bonds is 6. The number of aliphatic hydroxyl groups excluding tert-OH is 1. The largest absolute Gasteiger partial charge is 0.423 e. The van der Waals surface area contributed by atoms with E-state index in [-0.39, 0.29) is 42.6 Å². The molecule has 0 bridgehead atoms. The first kappa shape index (κ1) is 27.0. The summed E-state index contributed by atoms with van der Waals surface area (Å²) in [7, 11) is 0. The quantitative estimate of drug-likeness (QED) is 0.155. The number of epoxide rings is 1. The lowest BCUT2D eigenvalue weighted by atomic mass is 9.86. The lowest BCUT2D eigenvalue weighted by Gasteiger charge is -2.22.